The van der Waals surface area contributed by atoms with E-state index in [1.54, 1.807) is 13.3 Å². The van der Waals surface area contributed by atoms with Gasteiger partial charge in [-0.05, 0) is 43.0 Å². The van der Waals surface area contributed by atoms with E-state index < -0.39 is 0 Å². The molecule has 0 unspecified atom stereocenters. The van der Waals surface area contributed by atoms with Gasteiger partial charge < -0.3 is 15.4 Å². The predicted molar refractivity (Wildman–Crippen MR) is 105 cm³/mol. The Hall–Kier alpha value is -2.56. The number of pyridine rings is 1. The van der Waals surface area contributed by atoms with Gasteiger partial charge in [0, 0.05) is 12.5 Å². The summed E-state index contributed by atoms with van der Waals surface area (Å²) in [7, 11) is 1.69. The third kappa shape index (κ3) is 4.97. The number of amides is 1. The normalized spacial score (nSPS) is 14.7. The number of rotatable bonds is 7. The molecule has 1 aliphatic rings. The molecule has 1 aromatic carbocycles. The van der Waals surface area contributed by atoms with Crippen LogP contribution in [0, 0.1) is 5.92 Å². The lowest BCUT2D eigenvalue weighted by Crippen LogP contribution is -2.25. The van der Waals surface area contributed by atoms with Crippen LogP contribution in [0.5, 0.6) is 5.75 Å². The number of methoxy groups -OCH3 is 1. The van der Waals surface area contributed by atoms with Crippen LogP contribution in [0.2, 0.25) is 0 Å². The van der Waals surface area contributed by atoms with Gasteiger partial charge in [-0.2, -0.15) is 0 Å². The van der Waals surface area contributed by atoms with Gasteiger partial charge in [-0.25, -0.2) is 4.98 Å². The number of benzene rings is 1. The van der Waals surface area contributed by atoms with Crippen molar-refractivity contribution in [1.82, 2.24) is 4.98 Å². The molecule has 1 aromatic heterocycles. The van der Waals surface area contributed by atoms with Gasteiger partial charge in [-0.1, -0.05) is 37.5 Å². The van der Waals surface area contributed by atoms with Gasteiger partial charge in [0.15, 0.2) is 0 Å². The van der Waals surface area contributed by atoms with Crippen LogP contribution in [0.1, 0.15) is 37.7 Å². The van der Waals surface area contributed by atoms with Crippen LogP contribution in [0.4, 0.5) is 11.5 Å². The molecule has 2 aromatic rings. The van der Waals surface area contributed by atoms with Gasteiger partial charge in [-0.15, -0.1) is 0 Å². The second-order valence-corrected chi connectivity index (χ2v) is 6.74. The highest BCUT2D eigenvalue weighted by atomic mass is 16.5. The van der Waals surface area contributed by atoms with Crippen LogP contribution < -0.4 is 15.4 Å². The molecule has 0 spiro atoms. The maximum atomic E-state index is 12.3. The van der Waals surface area contributed by atoms with Crippen LogP contribution in [0.3, 0.4) is 0 Å². The number of ether oxygens (including phenoxy) is 1. The van der Waals surface area contributed by atoms with E-state index in [9.17, 15) is 4.79 Å². The van der Waals surface area contributed by atoms with Gasteiger partial charge in [0.1, 0.15) is 11.6 Å². The van der Waals surface area contributed by atoms with E-state index in [-0.39, 0.29) is 11.8 Å². The molecule has 0 atom stereocenters. The summed E-state index contributed by atoms with van der Waals surface area (Å²) in [4.78, 5) is 16.6. The maximum absolute atomic E-state index is 12.3. The van der Waals surface area contributed by atoms with Gasteiger partial charge >= 0.3 is 0 Å². The number of hydrogen-bond acceptors (Lipinski definition) is 4. The molecule has 26 heavy (non-hydrogen) atoms. The zero-order chi connectivity index (χ0) is 18.2. The molecular weight excluding hydrogens is 326 g/mol. The van der Waals surface area contributed by atoms with E-state index in [2.05, 4.69) is 21.7 Å². The smallest absolute Gasteiger partial charge is 0.228 e. The maximum Gasteiger partial charge on any atom is 0.228 e. The Morgan fingerprint density at radius 3 is 2.69 bits per heavy atom. The Bertz CT molecular complexity index is 709. The highest BCUT2D eigenvalue weighted by molar-refractivity contribution is 5.91. The lowest BCUT2D eigenvalue weighted by atomic mass is 9.89. The zero-order valence-corrected chi connectivity index (χ0v) is 15.3. The Kier molecular flexibility index (Phi) is 6.47. The molecule has 3 rings (SSSR count). The average Bonchev–Trinajstić information content (AvgIpc) is 2.70. The summed E-state index contributed by atoms with van der Waals surface area (Å²) in [6.45, 7) is 0.788. The molecule has 0 radical (unpaired) electrons. The fraction of sp³-hybridized carbons (Fsp3) is 0.429. The largest absolute Gasteiger partial charge is 0.496 e. The fourth-order valence-electron chi connectivity index (χ4n) is 3.42. The van der Waals surface area contributed by atoms with Crippen molar-refractivity contribution in [3.8, 4) is 5.75 Å². The quantitative estimate of drug-likeness (QED) is 0.780. The predicted octanol–water partition coefficient (Wildman–Crippen LogP) is 4.26. The first-order valence-corrected chi connectivity index (χ1v) is 9.39. The Morgan fingerprint density at radius 1 is 1.15 bits per heavy atom. The first-order chi connectivity index (χ1) is 12.8. The van der Waals surface area contributed by atoms with Crippen molar-refractivity contribution < 1.29 is 9.53 Å². The minimum absolute atomic E-state index is 0.106. The van der Waals surface area contributed by atoms with Crippen LogP contribution >= 0.6 is 0 Å². The SMILES string of the molecule is COc1ccccc1CCNc1ccc(NC(=O)C2CCCCC2)nc1. The average molecular weight is 353 g/mol. The molecule has 5 heteroatoms. The van der Waals surface area contributed by atoms with Crippen LogP contribution in [0.25, 0.3) is 0 Å². The summed E-state index contributed by atoms with van der Waals surface area (Å²) in [5, 5.41) is 6.30. The molecule has 0 saturated heterocycles. The van der Waals surface area contributed by atoms with E-state index in [0.717, 1.165) is 50.1 Å². The highest BCUT2D eigenvalue weighted by Crippen LogP contribution is 2.25. The number of nitrogens with one attached hydrogen (secondary N) is 2. The van der Waals surface area contributed by atoms with E-state index in [4.69, 9.17) is 4.74 Å². The molecule has 1 fully saturated rings. The second kappa shape index (κ2) is 9.22. The van der Waals surface area contributed by atoms with Crippen LogP contribution in [-0.4, -0.2) is 24.5 Å². The Morgan fingerprint density at radius 2 is 1.96 bits per heavy atom. The second-order valence-electron chi connectivity index (χ2n) is 6.74. The summed E-state index contributed by atoms with van der Waals surface area (Å²) in [5.41, 5.74) is 2.11. The van der Waals surface area contributed by atoms with Crippen molar-refractivity contribution in [2.75, 3.05) is 24.3 Å². The molecule has 0 bridgehead atoms. The third-order valence-corrected chi connectivity index (χ3v) is 4.91. The molecule has 1 amide bonds. The standard InChI is InChI=1S/C21H27N3O2/c1-26-19-10-6-5-7-16(19)13-14-22-18-11-12-20(23-15-18)24-21(25)17-8-3-2-4-9-17/h5-7,10-12,15,17,22H,2-4,8-9,13-14H2,1H3,(H,23,24,25). The Balaban J connectivity index is 1.47. The number of hydrogen-bond donors (Lipinski definition) is 2. The molecule has 1 heterocycles. The summed E-state index contributed by atoms with van der Waals surface area (Å²) in [6.07, 6.45) is 8.17. The first kappa shape index (κ1) is 18.2. The first-order valence-electron chi connectivity index (χ1n) is 9.39. The van der Waals surface area contributed by atoms with Gasteiger partial charge in [-0.3, -0.25) is 4.79 Å². The minimum atomic E-state index is 0.106. The minimum Gasteiger partial charge on any atom is -0.496 e. The topological polar surface area (TPSA) is 63.2 Å². The molecule has 2 N–H and O–H groups in total. The fourth-order valence-corrected chi connectivity index (χ4v) is 3.42. The number of carbonyl (C=O) groups excluding carboxylic acids is 1. The number of para-hydroxylation sites is 1. The van der Waals surface area contributed by atoms with E-state index >= 15 is 0 Å². The summed E-state index contributed by atoms with van der Waals surface area (Å²) >= 11 is 0. The third-order valence-electron chi connectivity index (χ3n) is 4.91. The number of aromatic nitrogens is 1. The van der Waals surface area contributed by atoms with Crippen molar-refractivity contribution in [3.05, 3.63) is 48.2 Å². The molecular formula is C21H27N3O2. The molecule has 1 aliphatic carbocycles. The van der Waals surface area contributed by atoms with Gasteiger partial charge in [0.25, 0.3) is 0 Å². The van der Waals surface area contributed by atoms with E-state index in [0.29, 0.717) is 5.82 Å². The summed E-state index contributed by atoms with van der Waals surface area (Å²) in [6, 6.07) is 11.8. The van der Waals surface area contributed by atoms with E-state index in [1.807, 2.05) is 30.3 Å². The van der Waals surface area contributed by atoms with Crippen LogP contribution in [0.15, 0.2) is 42.6 Å². The highest BCUT2D eigenvalue weighted by Gasteiger charge is 2.21. The van der Waals surface area contributed by atoms with Crippen LogP contribution in [-0.2, 0) is 11.2 Å². The van der Waals surface area contributed by atoms with Crippen molar-refractivity contribution >= 4 is 17.4 Å². The van der Waals surface area contributed by atoms with Gasteiger partial charge in [0.05, 0.1) is 19.0 Å². The molecule has 1 saturated carbocycles. The summed E-state index contributed by atoms with van der Waals surface area (Å²) in [5.74, 6) is 1.78. The van der Waals surface area contributed by atoms with Crippen molar-refractivity contribution in [3.63, 3.8) is 0 Å². The zero-order valence-electron chi connectivity index (χ0n) is 15.3. The molecule has 138 valence electrons. The Labute approximate surface area is 155 Å². The van der Waals surface area contributed by atoms with Crippen molar-refractivity contribution in [2.24, 2.45) is 5.92 Å². The lowest BCUT2D eigenvalue weighted by Gasteiger charge is -2.20. The monoisotopic (exact) mass is 353 g/mol. The van der Waals surface area contributed by atoms with Gasteiger partial charge in [0.2, 0.25) is 5.91 Å². The van der Waals surface area contributed by atoms with Crippen molar-refractivity contribution in [1.29, 1.82) is 0 Å². The number of anilines is 2. The van der Waals surface area contributed by atoms with E-state index in [1.165, 1.54) is 12.0 Å². The molecule has 0 aliphatic heterocycles. The summed E-state index contributed by atoms with van der Waals surface area (Å²) < 4.78 is 5.37. The number of carbonyl (C=O) groups is 1. The molecule has 5 nitrogen and oxygen atoms in total. The van der Waals surface area contributed by atoms with Crippen molar-refractivity contribution in [2.45, 2.75) is 38.5 Å². The number of nitrogens with zero attached hydrogens (tertiary/aromatic N) is 1. The lowest BCUT2D eigenvalue weighted by molar-refractivity contribution is -0.120.